The molecule has 0 aliphatic carbocycles. The first-order valence-corrected chi connectivity index (χ1v) is 10.8. The lowest BCUT2D eigenvalue weighted by molar-refractivity contribution is 0.594. The summed E-state index contributed by atoms with van der Waals surface area (Å²) in [7, 11) is 0. The average Bonchev–Trinajstić information content (AvgIpc) is 3.09. The van der Waals surface area contributed by atoms with Gasteiger partial charge >= 0.3 is 0 Å². The number of halogens is 2. The minimum Gasteiger partial charge on any atom is -0.323 e. The maximum Gasteiger partial charge on any atom is 0.129 e. The van der Waals surface area contributed by atoms with Crippen molar-refractivity contribution in [1.82, 2.24) is 9.55 Å². The molecule has 3 aromatic carbocycles. The van der Waals surface area contributed by atoms with Crippen LogP contribution >= 0.6 is 11.6 Å². The van der Waals surface area contributed by atoms with Crippen molar-refractivity contribution in [3.63, 3.8) is 0 Å². The molecule has 4 rings (SSSR count). The lowest BCUT2D eigenvalue weighted by Crippen LogP contribution is -2.11. The summed E-state index contributed by atoms with van der Waals surface area (Å²) in [5.41, 5.74) is 4.91. The van der Waals surface area contributed by atoms with Crippen LogP contribution in [0, 0.1) is 11.7 Å². The molecule has 4 heteroatoms. The van der Waals surface area contributed by atoms with E-state index in [9.17, 15) is 4.39 Å². The first-order chi connectivity index (χ1) is 14.4. The molecule has 0 aliphatic heterocycles. The Hall–Kier alpha value is -2.65. The van der Waals surface area contributed by atoms with Crippen molar-refractivity contribution < 1.29 is 4.39 Å². The standard InChI is InChI=1S/C26H26ClFN2/c1-17(2)15-19-11-13-20(14-12-19)18(3)26-29-24-9-4-5-10-25(24)30(26)16-21-22(27)7-6-8-23(21)28/h4-14,17-18H,15-16H2,1-3H3/t18-/m0/s1. The van der Waals surface area contributed by atoms with Gasteiger partial charge in [0.25, 0.3) is 0 Å². The zero-order valence-electron chi connectivity index (χ0n) is 17.6. The topological polar surface area (TPSA) is 17.8 Å². The van der Waals surface area contributed by atoms with Crippen molar-refractivity contribution in [3.8, 4) is 0 Å². The number of para-hydroxylation sites is 2. The summed E-state index contributed by atoms with van der Waals surface area (Å²) in [6, 6.07) is 21.6. The fourth-order valence-corrected chi connectivity index (χ4v) is 4.22. The highest BCUT2D eigenvalue weighted by Crippen LogP contribution is 2.30. The van der Waals surface area contributed by atoms with E-state index in [1.165, 1.54) is 17.2 Å². The number of rotatable bonds is 6. The first kappa shape index (κ1) is 20.6. The molecule has 1 atom stereocenters. The third-order valence-corrected chi connectivity index (χ3v) is 5.93. The van der Waals surface area contributed by atoms with Crippen LogP contribution in [0.1, 0.15) is 49.2 Å². The lowest BCUT2D eigenvalue weighted by atomic mass is 9.96. The van der Waals surface area contributed by atoms with E-state index in [2.05, 4.69) is 49.6 Å². The van der Waals surface area contributed by atoms with Crippen LogP contribution in [-0.4, -0.2) is 9.55 Å². The van der Waals surface area contributed by atoms with Crippen LogP contribution in [0.4, 0.5) is 4.39 Å². The molecule has 0 bridgehead atoms. The largest absolute Gasteiger partial charge is 0.323 e. The second kappa shape index (κ2) is 8.61. The van der Waals surface area contributed by atoms with Crippen molar-refractivity contribution >= 4 is 22.6 Å². The molecule has 1 aromatic heterocycles. The van der Waals surface area contributed by atoms with Crippen LogP contribution in [0.5, 0.6) is 0 Å². The molecule has 2 nitrogen and oxygen atoms in total. The van der Waals surface area contributed by atoms with E-state index in [0.717, 1.165) is 23.3 Å². The van der Waals surface area contributed by atoms with Gasteiger partial charge in [0.05, 0.1) is 17.6 Å². The van der Waals surface area contributed by atoms with E-state index >= 15 is 0 Å². The number of nitrogens with zero attached hydrogens (tertiary/aromatic N) is 2. The summed E-state index contributed by atoms with van der Waals surface area (Å²) >= 11 is 6.33. The number of aromatic nitrogens is 2. The third-order valence-electron chi connectivity index (χ3n) is 5.57. The van der Waals surface area contributed by atoms with Crippen LogP contribution in [-0.2, 0) is 13.0 Å². The summed E-state index contributed by atoms with van der Waals surface area (Å²) in [5.74, 6) is 1.31. The molecule has 0 aliphatic rings. The number of hydrogen-bond donors (Lipinski definition) is 0. The predicted octanol–water partition coefficient (Wildman–Crippen LogP) is 7.23. The summed E-state index contributed by atoms with van der Waals surface area (Å²) in [5, 5.41) is 0.435. The second-order valence-corrected chi connectivity index (χ2v) is 8.71. The molecule has 4 aromatic rings. The monoisotopic (exact) mass is 420 g/mol. The fraction of sp³-hybridized carbons (Fsp3) is 0.269. The van der Waals surface area contributed by atoms with Gasteiger partial charge in [0.15, 0.2) is 0 Å². The Morgan fingerprint density at radius 2 is 1.67 bits per heavy atom. The molecule has 0 unspecified atom stereocenters. The molecular formula is C26H26ClFN2. The van der Waals surface area contributed by atoms with Gasteiger partial charge in [-0.05, 0) is 47.7 Å². The van der Waals surface area contributed by atoms with Crippen LogP contribution in [0.3, 0.4) is 0 Å². The molecule has 0 N–H and O–H groups in total. The van der Waals surface area contributed by atoms with Gasteiger partial charge in [0, 0.05) is 16.5 Å². The van der Waals surface area contributed by atoms with Crippen LogP contribution in [0.2, 0.25) is 5.02 Å². The number of fused-ring (bicyclic) bond motifs is 1. The maximum absolute atomic E-state index is 14.5. The van der Waals surface area contributed by atoms with Crippen molar-refractivity contribution in [2.75, 3.05) is 0 Å². The van der Waals surface area contributed by atoms with Crippen molar-refractivity contribution in [3.05, 3.63) is 100 Å². The molecule has 0 fully saturated rings. The average molecular weight is 421 g/mol. The second-order valence-electron chi connectivity index (χ2n) is 8.31. The van der Waals surface area contributed by atoms with E-state index in [0.29, 0.717) is 23.0 Å². The van der Waals surface area contributed by atoms with E-state index in [-0.39, 0.29) is 11.7 Å². The summed E-state index contributed by atoms with van der Waals surface area (Å²) in [4.78, 5) is 4.91. The lowest BCUT2D eigenvalue weighted by Gasteiger charge is -2.17. The quantitative estimate of drug-likeness (QED) is 0.321. The Kier molecular flexibility index (Phi) is 5.92. The Bertz CT molecular complexity index is 1140. The molecule has 0 spiro atoms. The van der Waals surface area contributed by atoms with E-state index < -0.39 is 0 Å². The fourth-order valence-electron chi connectivity index (χ4n) is 4.00. The van der Waals surface area contributed by atoms with Crippen LogP contribution in [0.25, 0.3) is 11.0 Å². The first-order valence-electron chi connectivity index (χ1n) is 10.4. The van der Waals surface area contributed by atoms with Gasteiger partial charge in [-0.1, -0.05) is 74.8 Å². The van der Waals surface area contributed by atoms with Gasteiger partial charge in [-0.2, -0.15) is 0 Å². The SMILES string of the molecule is CC(C)Cc1ccc([C@H](C)c2nc3ccccc3n2Cc2c(F)cccc2Cl)cc1. The number of benzene rings is 3. The third kappa shape index (κ3) is 4.13. The minimum atomic E-state index is -0.295. The molecule has 0 amide bonds. The smallest absolute Gasteiger partial charge is 0.129 e. The molecule has 1 heterocycles. The highest BCUT2D eigenvalue weighted by Gasteiger charge is 2.20. The van der Waals surface area contributed by atoms with Crippen LogP contribution in [0.15, 0.2) is 66.7 Å². The van der Waals surface area contributed by atoms with E-state index in [4.69, 9.17) is 16.6 Å². The van der Waals surface area contributed by atoms with Gasteiger partial charge in [-0.3, -0.25) is 0 Å². The zero-order chi connectivity index (χ0) is 21.3. The molecule has 154 valence electrons. The van der Waals surface area contributed by atoms with Crippen molar-refractivity contribution in [1.29, 1.82) is 0 Å². The molecule has 0 saturated heterocycles. The normalized spacial score (nSPS) is 12.6. The Balaban J connectivity index is 1.76. The Morgan fingerprint density at radius 3 is 2.37 bits per heavy atom. The van der Waals surface area contributed by atoms with Gasteiger partial charge in [0.1, 0.15) is 11.6 Å². The Labute approximate surface area is 182 Å². The molecule has 0 saturated carbocycles. The maximum atomic E-state index is 14.5. The van der Waals surface area contributed by atoms with Crippen molar-refractivity contribution in [2.24, 2.45) is 5.92 Å². The van der Waals surface area contributed by atoms with Gasteiger partial charge in [0.2, 0.25) is 0 Å². The minimum absolute atomic E-state index is 0.0658. The predicted molar refractivity (Wildman–Crippen MR) is 123 cm³/mol. The number of imidazole rings is 1. The van der Waals surface area contributed by atoms with Gasteiger partial charge in [-0.25, -0.2) is 9.37 Å². The van der Waals surface area contributed by atoms with Crippen LogP contribution < -0.4 is 0 Å². The summed E-state index contributed by atoms with van der Waals surface area (Å²) in [6.07, 6.45) is 1.07. The zero-order valence-corrected chi connectivity index (χ0v) is 18.3. The van der Waals surface area contributed by atoms with E-state index in [1.54, 1.807) is 12.1 Å². The summed E-state index contributed by atoms with van der Waals surface area (Å²) < 4.78 is 16.6. The number of hydrogen-bond acceptors (Lipinski definition) is 1. The highest BCUT2D eigenvalue weighted by molar-refractivity contribution is 6.31. The molecular weight excluding hydrogens is 395 g/mol. The van der Waals surface area contributed by atoms with Gasteiger partial charge in [-0.15, -0.1) is 0 Å². The molecule has 0 radical (unpaired) electrons. The van der Waals surface area contributed by atoms with Crippen molar-refractivity contribution in [2.45, 2.75) is 39.7 Å². The molecule has 30 heavy (non-hydrogen) atoms. The van der Waals surface area contributed by atoms with Gasteiger partial charge < -0.3 is 4.57 Å². The van der Waals surface area contributed by atoms with E-state index in [1.807, 2.05) is 24.3 Å². The summed E-state index contributed by atoms with van der Waals surface area (Å²) in [6.45, 7) is 6.95. The Morgan fingerprint density at radius 1 is 0.933 bits per heavy atom. The highest BCUT2D eigenvalue weighted by atomic mass is 35.5.